The number of carbonyl (C=O) groups is 1. The average Bonchev–Trinajstić information content (AvgIpc) is 3.00. The van der Waals surface area contributed by atoms with Crippen LogP contribution in [0.25, 0.3) is 0 Å². The van der Waals surface area contributed by atoms with Gasteiger partial charge in [0.15, 0.2) is 0 Å². The van der Waals surface area contributed by atoms with Crippen molar-refractivity contribution in [3.8, 4) is 0 Å². The van der Waals surface area contributed by atoms with E-state index in [-0.39, 0.29) is 5.91 Å². The van der Waals surface area contributed by atoms with E-state index in [1.54, 1.807) is 35.6 Å². The van der Waals surface area contributed by atoms with Gasteiger partial charge in [0.25, 0.3) is 5.91 Å². The lowest BCUT2D eigenvalue weighted by atomic mass is 10.2. The van der Waals surface area contributed by atoms with Crippen LogP contribution in [0.5, 0.6) is 0 Å². The molecule has 0 aliphatic heterocycles. The maximum atomic E-state index is 12.2. The van der Waals surface area contributed by atoms with E-state index in [4.69, 9.17) is 11.6 Å². The monoisotopic (exact) mass is 354 g/mol. The summed E-state index contributed by atoms with van der Waals surface area (Å²) in [6.45, 7) is 2.07. The van der Waals surface area contributed by atoms with E-state index >= 15 is 0 Å². The lowest BCUT2D eigenvalue weighted by molar-refractivity contribution is 0.102. The van der Waals surface area contributed by atoms with Crippen molar-refractivity contribution in [2.45, 2.75) is 6.92 Å². The molecule has 0 aliphatic carbocycles. The molecule has 0 bridgehead atoms. The lowest BCUT2D eigenvalue weighted by Crippen LogP contribution is -2.12. The van der Waals surface area contributed by atoms with Gasteiger partial charge in [-0.1, -0.05) is 23.7 Å². The van der Waals surface area contributed by atoms with Crippen LogP contribution in [0, 0.1) is 6.92 Å². The zero-order chi connectivity index (χ0) is 16.9. The molecule has 1 N–H and O–H groups in total. The number of benzene rings is 2. The van der Waals surface area contributed by atoms with E-state index in [0.29, 0.717) is 16.3 Å². The predicted molar refractivity (Wildman–Crippen MR) is 102 cm³/mol. The SMILES string of the molecule is Cc1ccc(C=Nc2ccc(NC(=O)c3ccccc3Cl)cc2)s1. The summed E-state index contributed by atoms with van der Waals surface area (Å²) in [5.41, 5.74) is 1.98. The Hall–Kier alpha value is -2.43. The fraction of sp³-hybridized carbons (Fsp3) is 0.0526. The molecular weight excluding hydrogens is 340 g/mol. The van der Waals surface area contributed by atoms with Crippen molar-refractivity contribution in [1.82, 2.24) is 0 Å². The number of amides is 1. The molecule has 0 aliphatic rings. The fourth-order valence-corrected chi connectivity index (χ4v) is 3.11. The van der Waals surface area contributed by atoms with Crippen LogP contribution in [0.2, 0.25) is 5.02 Å². The van der Waals surface area contributed by atoms with E-state index in [0.717, 1.165) is 10.6 Å². The first-order valence-electron chi connectivity index (χ1n) is 7.38. The van der Waals surface area contributed by atoms with E-state index < -0.39 is 0 Å². The maximum Gasteiger partial charge on any atom is 0.257 e. The fourth-order valence-electron chi connectivity index (χ4n) is 2.14. The van der Waals surface area contributed by atoms with Gasteiger partial charge >= 0.3 is 0 Å². The van der Waals surface area contributed by atoms with Gasteiger partial charge in [0.05, 0.1) is 16.3 Å². The van der Waals surface area contributed by atoms with E-state index in [1.165, 1.54) is 4.88 Å². The number of anilines is 1. The quantitative estimate of drug-likeness (QED) is 0.599. The van der Waals surface area contributed by atoms with Gasteiger partial charge in [-0.3, -0.25) is 9.79 Å². The molecule has 3 nitrogen and oxygen atoms in total. The van der Waals surface area contributed by atoms with Crippen LogP contribution in [-0.4, -0.2) is 12.1 Å². The molecular formula is C19H15ClN2OS. The molecule has 0 spiro atoms. The van der Waals surface area contributed by atoms with Gasteiger partial charge in [0.1, 0.15) is 0 Å². The Balaban J connectivity index is 1.67. The van der Waals surface area contributed by atoms with E-state index in [2.05, 4.69) is 23.3 Å². The zero-order valence-electron chi connectivity index (χ0n) is 13.0. The summed E-state index contributed by atoms with van der Waals surface area (Å²) in [4.78, 5) is 19.0. The van der Waals surface area contributed by atoms with Crippen molar-refractivity contribution in [2.24, 2.45) is 4.99 Å². The van der Waals surface area contributed by atoms with Crippen LogP contribution in [0.1, 0.15) is 20.1 Å². The summed E-state index contributed by atoms with van der Waals surface area (Å²) in [5, 5.41) is 3.26. The third-order valence-electron chi connectivity index (χ3n) is 3.35. The number of hydrogen-bond donors (Lipinski definition) is 1. The molecule has 5 heteroatoms. The summed E-state index contributed by atoms with van der Waals surface area (Å²) in [6, 6.07) is 18.4. The second kappa shape index (κ2) is 7.43. The minimum absolute atomic E-state index is 0.231. The molecule has 3 rings (SSSR count). The Morgan fingerprint density at radius 3 is 2.50 bits per heavy atom. The van der Waals surface area contributed by atoms with E-state index in [1.807, 2.05) is 36.5 Å². The van der Waals surface area contributed by atoms with Gasteiger partial charge in [0.2, 0.25) is 0 Å². The summed E-state index contributed by atoms with van der Waals surface area (Å²) >= 11 is 7.73. The second-order valence-corrected chi connectivity index (χ2v) is 6.91. The Labute approximate surface area is 149 Å². The van der Waals surface area contributed by atoms with Crippen molar-refractivity contribution in [3.05, 3.63) is 81.0 Å². The first-order valence-corrected chi connectivity index (χ1v) is 8.58. The van der Waals surface area contributed by atoms with Crippen molar-refractivity contribution < 1.29 is 4.79 Å². The molecule has 2 aromatic carbocycles. The minimum Gasteiger partial charge on any atom is -0.322 e. The third kappa shape index (κ3) is 4.10. The Morgan fingerprint density at radius 1 is 1.08 bits per heavy atom. The van der Waals surface area contributed by atoms with Gasteiger partial charge < -0.3 is 5.32 Å². The Morgan fingerprint density at radius 2 is 1.83 bits per heavy atom. The second-order valence-electron chi connectivity index (χ2n) is 5.19. The highest BCUT2D eigenvalue weighted by molar-refractivity contribution is 7.13. The number of hydrogen-bond acceptors (Lipinski definition) is 3. The lowest BCUT2D eigenvalue weighted by Gasteiger charge is -2.06. The number of nitrogens with one attached hydrogen (secondary N) is 1. The molecule has 1 aromatic heterocycles. The van der Waals surface area contributed by atoms with Gasteiger partial charge in [-0.05, 0) is 55.5 Å². The summed E-state index contributed by atoms with van der Waals surface area (Å²) < 4.78 is 0. The molecule has 0 unspecified atom stereocenters. The molecule has 3 aromatic rings. The first kappa shape index (κ1) is 16.4. The van der Waals surface area contributed by atoms with Crippen LogP contribution < -0.4 is 5.32 Å². The molecule has 1 amide bonds. The first-order chi connectivity index (χ1) is 11.6. The molecule has 120 valence electrons. The smallest absolute Gasteiger partial charge is 0.257 e. The normalized spacial score (nSPS) is 10.9. The predicted octanol–water partition coefficient (Wildman–Crippen LogP) is 5.71. The zero-order valence-corrected chi connectivity index (χ0v) is 14.6. The molecule has 0 fully saturated rings. The molecule has 0 saturated heterocycles. The van der Waals surface area contributed by atoms with Gasteiger partial charge in [-0.25, -0.2) is 0 Å². The maximum absolute atomic E-state index is 12.2. The number of carbonyl (C=O) groups excluding carboxylic acids is 1. The van der Waals surface area contributed by atoms with Crippen molar-refractivity contribution >= 4 is 46.4 Å². The van der Waals surface area contributed by atoms with E-state index in [9.17, 15) is 4.79 Å². The van der Waals surface area contributed by atoms with Crippen LogP contribution in [-0.2, 0) is 0 Å². The third-order valence-corrected chi connectivity index (χ3v) is 4.61. The highest BCUT2D eigenvalue weighted by Gasteiger charge is 2.09. The number of nitrogens with zero attached hydrogens (tertiary/aromatic N) is 1. The number of aryl methyl sites for hydroxylation is 1. The highest BCUT2D eigenvalue weighted by atomic mass is 35.5. The summed E-state index contributed by atoms with van der Waals surface area (Å²) in [6.07, 6.45) is 1.84. The highest BCUT2D eigenvalue weighted by Crippen LogP contribution is 2.20. The largest absolute Gasteiger partial charge is 0.322 e. The molecule has 0 atom stereocenters. The Bertz CT molecular complexity index is 884. The molecule has 1 heterocycles. The molecule has 24 heavy (non-hydrogen) atoms. The number of halogens is 1. The molecule has 0 radical (unpaired) electrons. The Kier molecular flexibility index (Phi) is 5.08. The topological polar surface area (TPSA) is 41.5 Å². The van der Waals surface area contributed by atoms with Crippen molar-refractivity contribution in [3.63, 3.8) is 0 Å². The van der Waals surface area contributed by atoms with Crippen molar-refractivity contribution in [1.29, 1.82) is 0 Å². The number of rotatable bonds is 4. The van der Waals surface area contributed by atoms with Crippen LogP contribution in [0.4, 0.5) is 11.4 Å². The summed E-state index contributed by atoms with van der Waals surface area (Å²) in [5.74, 6) is -0.231. The average molecular weight is 355 g/mol. The van der Waals surface area contributed by atoms with Crippen LogP contribution in [0.15, 0.2) is 65.7 Å². The summed E-state index contributed by atoms with van der Waals surface area (Å²) in [7, 11) is 0. The standard InChI is InChI=1S/C19H15ClN2OS/c1-13-6-11-16(24-13)12-21-14-7-9-15(10-8-14)22-19(23)17-4-2-3-5-18(17)20/h2-12H,1H3,(H,22,23). The van der Waals surface area contributed by atoms with Gasteiger partial charge in [-0.15, -0.1) is 11.3 Å². The van der Waals surface area contributed by atoms with Crippen molar-refractivity contribution in [2.75, 3.05) is 5.32 Å². The van der Waals surface area contributed by atoms with Crippen LogP contribution >= 0.6 is 22.9 Å². The number of thiophene rings is 1. The minimum atomic E-state index is -0.231. The molecule has 0 saturated carbocycles. The van der Waals surface area contributed by atoms with Crippen LogP contribution in [0.3, 0.4) is 0 Å². The van der Waals surface area contributed by atoms with Gasteiger partial charge in [-0.2, -0.15) is 0 Å². The number of aliphatic imine (C=N–C) groups is 1. The van der Waals surface area contributed by atoms with Gasteiger partial charge in [0, 0.05) is 21.7 Å².